The smallest absolute Gasteiger partial charge is 0.0382 e. The predicted octanol–water partition coefficient (Wildman–Crippen LogP) is 5.14. The molecule has 0 aliphatic heterocycles. The van der Waals surface area contributed by atoms with Crippen molar-refractivity contribution in [1.82, 2.24) is 0 Å². The lowest BCUT2D eigenvalue weighted by Crippen LogP contribution is -1.47. The first-order chi connectivity index (χ1) is 6.41. The lowest BCUT2D eigenvalue weighted by Gasteiger charge is -1.67. The van der Waals surface area contributed by atoms with Crippen molar-refractivity contribution in [1.29, 1.82) is 0 Å². The summed E-state index contributed by atoms with van der Waals surface area (Å²) in [6, 6.07) is 0. The maximum absolute atomic E-state index is 3.48. The standard InChI is InChI=1S/C5H10.C4H8.2C2H4/c1-2-4-5-3-1;1-3-4-2;2*1-2/h1-5H2;3H,1,4H2,2H3;2*1-2H2. The van der Waals surface area contributed by atoms with Crippen molar-refractivity contribution in [3.8, 4) is 0 Å². The van der Waals surface area contributed by atoms with Crippen LogP contribution < -0.4 is 0 Å². The van der Waals surface area contributed by atoms with E-state index in [-0.39, 0.29) is 0 Å². The lowest BCUT2D eigenvalue weighted by atomic mass is 10.4. The Hall–Kier alpha value is -0.780. The van der Waals surface area contributed by atoms with E-state index in [1.54, 1.807) is 0 Å². The van der Waals surface area contributed by atoms with Crippen LogP contribution in [0.1, 0.15) is 45.4 Å². The molecule has 0 atom stereocenters. The van der Waals surface area contributed by atoms with Gasteiger partial charge in [-0.2, -0.15) is 0 Å². The molecule has 78 valence electrons. The third-order valence-electron chi connectivity index (χ3n) is 1.54. The van der Waals surface area contributed by atoms with Crippen molar-refractivity contribution in [3.05, 3.63) is 39.0 Å². The normalized spacial score (nSPS) is 11.8. The van der Waals surface area contributed by atoms with Crippen molar-refractivity contribution in [2.75, 3.05) is 0 Å². The average Bonchev–Trinajstić information content (AvgIpc) is 2.82. The van der Waals surface area contributed by atoms with Gasteiger partial charge in [-0.15, -0.1) is 32.9 Å². The van der Waals surface area contributed by atoms with Gasteiger partial charge in [-0.3, -0.25) is 0 Å². The summed E-state index contributed by atoms with van der Waals surface area (Å²) in [6.07, 6.45) is 10.5. The Morgan fingerprint density at radius 2 is 1.00 bits per heavy atom. The summed E-state index contributed by atoms with van der Waals surface area (Å²) >= 11 is 0. The Balaban J connectivity index is -0.000000114. The average molecular weight is 182 g/mol. The molecule has 0 heteroatoms. The lowest BCUT2D eigenvalue weighted by molar-refractivity contribution is 0.886. The summed E-state index contributed by atoms with van der Waals surface area (Å²) in [6.45, 7) is 17.5. The molecule has 0 radical (unpaired) electrons. The molecule has 0 aromatic carbocycles. The molecule has 13 heavy (non-hydrogen) atoms. The number of allylic oxidation sites excluding steroid dienone is 1. The van der Waals surface area contributed by atoms with Crippen LogP contribution in [0.25, 0.3) is 0 Å². The number of hydrogen-bond acceptors (Lipinski definition) is 0. The van der Waals surface area contributed by atoms with Crippen molar-refractivity contribution in [3.63, 3.8) is 0 Å². The fraction of sp³-hybridized carbons (Fsp3) is 0.538. The third-order valence-corrected chi connectivity index (χ3v) is 1.54. The molecular formula is C13H26. The van der Waals surface area contributed by atoms with E-state index in [1.165, 1.54) is 32.1 Å². The molecule has 1 aliphatic rings. The van der Waals surface area contributed by atoms with Gasteiger partial charge in [0.15, 0.2) is 0 Å². The summed E-state index contributed by atoms with van der Waals surface area (Å²) in [7, 11) is 0. The van der Waals surface area contributed by atoms with Gasteiger partial charge in [0, 0.05) is 0 Å². The van der Waals surface area contributed by atoms with Crippen LogP contribution in [0.3, 0.4) is 0 Å². The Morgan fingerprint density at radius 1 is 0.846 bits per heavy atom. The van der Waals surface area contributed by atoms with Gasteiger partial charge in [0.25, 0.3) is 0 Å². The van der Waals surface area contributed by atoms with E-state index in [0.29, 0.717) is 0 Å². The third kappa shape index (κ3) is 35.0. The molecule has 0 heterocycles. The van der Waals surface area contributed by atoms with Crippen LogP contribution in [0, 0.1) is 0 Å². The van der Waals surface area contributed by atoms with Crippen LogP contribution in [-0.4, -0.2) is 0 Å². The van der Waals surface area contributed by atoms with E-state index in [4.69, 9.17) is 0 Å². The van der Waals surface area contributed by atoms with Gasteiger partial charge in [-0.1, -0.05) is 45.1 Å². The van der Waals surface area contributed by atoms with E-state index >= 15 is 0 Å². The number of rotatable bonds is 1. The zero-order valence-electron chi connectivity index (χ0n) is 9.36. The Labute approximate surface area is 85.1 Å². The van der Waals surface area contributed by atoms with Crippen LogP contribution in [0.4, 0.5) is 0 Å². The molecule has 1 rings (SSSR count). The molecule has 0 aromatic rings. The van der Waals surface area contributed by atoms with Gasteiger partial charge in [-0.05, 0) is 6.42 Å². The Morgan fingerprint density at radius 3 is 1.08 bits per heavy atom. The SMILES string of the molecule is C1CCCC1.C=C.C=C.C=CCC. The topological polar surface area (TPSA) is 0 Å². The van der Waals surface area contributed by atoms with E-state index < -0.39 is 0 Å². The Bertz CT molecular complexity index is 60.5. The molecule has 1 aliphatic carbocycles. The summed E-state index contributed by atoms with van der Waals surface area (Å²) in [5.74, 6) is 0. The summed E-state index contributed by atoms with van der Waals surface area (Å²) in [5.41, 5.74) is 0. The minimum Gasteiger partial charge on any atom is -0.106 e. The molecule has 0 nitrogen and oxygen atoms in total. The molecule has 1 saturated carbocycles. The van der Waals surface area contributed by atoms with E-state index in [9.17, 15) is 0 Å². The van der Waals surface area contributed by atoms with Gasteiger partial charge < -0.3 is 0 Å². The summed E-state index contributed by atoms with van der Waals surface area (Å²) in [5, 5.41) is 0. The quantitative estimate of drug-likeness (QED) is 0.493. The molecule has 0 amide bonds. The van der Waals surface area contributed by atoms with Crippen LogP contribution in [0.5, 0.6) is 0 Å². The van der Waals surface area contributed by atoms with Crippen molar-refractivity contribution < 1.29 is 0 Å². The number of hydrogen-bond donors (Lipinski definition) is 0. The second-order valence-electron chi connectivity index (χ2n) is 2.46. The zero-order valence-corrected chi connectivity index (χ0v) is 9.36. The van der Waals surface area contributed by atoms with Crippen molar-refractivity contribution in [2.24, 2.45) is 0 Å². The van der Waals surface area contributed by atoms with Gasteiger partial charge >= 0.3 is 0 Å². The fourth-order valence-electron chi connectivity index (χ4n) is 0.884. The van der Waals surface area contributed by atoms with E-state index in [1.807, 2.05) is 6.08 Å². The molecule has 0 aromatic heterocycles. The largest absolute Gasteiger partial charge is 0.106 e. The van der Waals surface area contributed by atoms with E-state index in [0.717, 1.165) is 6.42 Å². The van der Waals surface area contributed by atoms with Crippen molar-refractivity contribution in [2.45, 2.75) is 45.4 Å². The highest BCUT2D eigenvalue weighted by Gasteiger charge is 1.95. The van der Waals surface area contributed by atoms with Crippen LogP contribution in [0.15, 0.2) is 39.0 Å². The molecule has 0 unspecified atom stereocenters. The van der Waals surface area contributed by atoms with Gasteiger partial charge in [0.05, 0.1) is 0 Å². The predicted molar refractivity (Wildman–Crippen MR) is 66.1 cm³/mol. The second kappa shape index (κ2) is 30.3. The molecule has 0 saturated heterocycles. The monoisotopic (exact) mass is 182 g/mol. The zero-order chi connectivity index (χ0) is 10.9. The molecule has 0 N–H and O–H groups in total. The summed E-state index contributed by atoms with van der Waals surface area (Å²) < 4.78 is 0. The maximum Gasteiger partial charge on any atom is -0.0382 e. The fourth-order valence-corrected chi connectivity index (χ4v) is 0.884. The molecule has 0 bridgehead atoms. The molecule has 1 fully saturated rings. The van der Waals surface area contributed by atoms with Crippen molar-refractivity contribution >= 4 is 0 Å². The van der Waals surface area contributed by atoms with Gasteiger partial charge in [0.1, 0.15) is 0 Å². The molecule has 0 spiro atoms. The summed E-state index contributed by atoms with van der Waals surface area (Å²) in [4.78, 5) is 0. The van der Waals surface area contributed by atoms with Crippen LogP contribution in [0.2, 0.25) is 0 Å². The minimum absolute atomic E-state index is 1.08. The highest BCUT2D eigenvalue weighted by molar-refractivity contribution is 4.60. The first-order valence-electron chi connectivity index (χ1n) is 5.02. The van der Waals surface area contributed by atoms with E-state index in [2.05, 4.69) is 39.8 Å². The maximum atomic E-state index is 3.48. The van der Waals surface area contributed by atoms with Crippen LogP contribution in [-0.2, 0) is 0 Å². The second-order valence-corrected chi connectivity index (χ2v) is 2.46. The van der Waals surface area contributed by atoms with Crippen LogP contribution >= 0.6 is 0 Å². The Kier molecular flexibility index (Phi) is 42.2. The highest BCUT2D eigenvalue weighted by atomic mass is 14.0. The molecular weight excluding hydrogens is 156 g/mol. The first kappa shape index (κ1) is 18.1. The highest BCUT2D eigenvalue weighted by Crippen LogP contribution is 2.15. The van der Waals surface area contributed by atoms with Gasteiger partial charge in [0.2, 0.25) is 0 Å². The van der Waals surface area contributed by atoms with Gasteiger partial charge in [-0.25, -0.2) is 0 Å². The first-order valence-corrected chi connectivity index (χ1v) is 5.02. The minimum atomic E-state index is 1.08.